The van der Waals surface area contributed by atoms with Crippen LogP contribution in [0.15, 0.2) is 9.98 Å². The van der Waals surface area contributed by atoms with Crippen LogP contribution in [0.25, 0.3) is 0 Å². The fraction of sp³-hybridized carbons (Fsp3) is 0.833. The number of aliphatic imine (C=N–C) groups is 2. The van der Waals surface area contributed by atoms with Crippen LogP contribution in [0.5, 0.6) is 0 Å². The highest BCUT2D eigenvalue weighted by molar-refractivity contribution is 5.95. The summed E-state index contributed by atoms with van der Waals surface area (Å²) in [4.78, 5) is 23.5. The van der Waals surface area contributed by atoms with Gasteiger partial charge in [0.25, 0.3) is 0 Å². The lowest BCUT2D eigenvalue weighted by molar-refractivity contribution is -0.159. The summed E-state index contributed by atoms with van der Waals surface area (Å²) in [7, 11) is 0. The SMILES string of the molecule is CC(C)=N/C(=N/C(C)C)N(CC(C)C(=O)OC(C)(C)C)C(C)C. The molecule has 0 fully saturated rings. The Labute approximate surface area is 142 Å². The summed E-state index contributed by atoms with van der Waals surface area (Å²) in [6.07, 6.45) is 0. The lowest BCUT2D eigenvalue weighted by atomic mass is 10.1. The third kappa shape index (κ3) is 9.36. The van der Waals surface area contributed by atoms with Gasteiger partial charge in [-0.05, 0) is 62.3 Å². The summed E-state index contributed by atoms with van der Waals surface area (Å²) in [6, 6.07) is 0.340. The molecule has 134 valence electrons. The largest absolute Gasteiger partial charge is 0.460 e. The van der Waals surface area contributed by atoms with Crippen molar-refractivity contribution in [2.24, 2.45) is 15.9 Å². The van der Waals surface area contributed by atoms with E-state index in [9.17, 15) is 4.79 Å². The number of ether oxygens (including phenoxy) is 1. The maximum Gasteiger partial charge on any atom is 0.310 e. The lowest BCUT2D eigenvalue weighted by Gasteiger charge is -2.31. The molecule has 0 heterocycles. The Morgan fingerprint density at radius 2 is 1.61 bits per heavy atom. The van der Waals surface area contributed by atoms with Gasteiger partial charge in [-0.1, -0.05) is 6.92 Å². The van der Waals surface area contributed by atoms with E-state index < -0.39 is 5.60 Å². The molecule has 0 aromatic carbocycles. The van der Waals surface area contributed by atoms with Gasteiger partial charge in [0.2, 0.25) is 5.96 Å². The Hall–Kier alpha value is -1.39. The van der Waals surface area contributed by atoms with Gasteiger partial charge in [-0.3, -0.25) is 4.79 Å². The van der Waals surface area contributed by atoms with Gasteiger partial charge in [-0.15, -0.1) is 0 Å². The second kappa shape index (κ2) is 9.04. The first-order valence-corrected chi connectivity index (χ1v) is 8.42. The number of carbonyl (C=O) groups excluding carboxylic acids is 1. The van der Waals surface area contributed by atoms with Gasteiger partial charge < -0.3 is 9.64 Å². The van der Waals surface area contributed by atoms with Gasteiger partial charge in [-0.25, -0.2) is 9.98 Å². The average Bonchev–Trinajstić information content (AvgIpc) is 2.30. The molecule has 5 heteroatoms. The zero-order valence-electron chi connectivity index (χ0n) is 16.6. The third-order valence-electron chi connectivity index (χ3n) is 2.86. The van der Waals surface area contributed by atoms with Gasteiger partial charge in [0, 0.05) is 24.3 Å². The average molecular weight is 325 g/mol. The van der Waals surface area contributed by atoms with E-state index in [1.807, 2.05) is 55.4 Å². The third-order valence-corrected chi connectivity index (χ3v) is 2.86. The molecule has 23 heavy (non-hydrogen) atoms. The highest BCUT2D eigenvalue weighted by Crippen LogP contribution is 2.14. The second-order valence-electron chi connectivity index (χ2n) is 7.76. The van der Waals surface area contributed by atoms with E-state index in [0.29, 0.717) is 12.5 Å². The van der Waals surface area contributed by atoms with Crippen LogP contribution in [0.1, 0.15) is 69.2 Å². The Bertz CT molecular complexity index is 442. The first-order chi connectivity index (χ1) is 10.3. The van der Waals surface area contributed by atoms with Gasteiger partial charge in [-0.2, -0.15) is 0 Å². The molecule has 0 aliphatic carbocycles. The topological polar surface area (TPSA) is 54.3 Å². The van der Waals surface area contributed by atoms with Crippen LogP contribution >= 0.6 is 0 Å². The van der Waals surface area contributed by atoms with E-state index in [4.69, 9.17) is 4.74 Å². The van der Waals surface area contributed by atoms with Crippen molar-refractivity contribution in [3.8, 4) is 0 Å². The molecular weight excluding hydrogens is 290 g/mol. The number of hydrogen-bond donors (Lipinski definition) is 0. The van der Waals surface area contributed by atoms with Gasteiger partial charge in [0.05, 0.1) is 5.92 Å². The van der Waals surface area contributed by atoms with Crippen molar-refractivity contribution in [3.63, 3.8) is 0 Å². The molecule has 0 radical (unpaired) electrons. The van der Waals surface area contributed by atoms with Crippen molar-refractivity contribution in [3.05, 3.63) is 0 Å². The number of carbonyl (C=O) groups is 1. The molecule has 1 unspecified atom stereocenters. The van der Waals surface area contributed by atoms with Crippen molar-refractivity contribution in [1.82, 2.24) is 4.90 Å². The van der Waals surface area contributed by atoms with Crippen LogP contribution in [0.3, 0.4) is 0 Å². The van der Waals surface area contributed by atoms with Crippen LogP contribution in [0.2, 0.25) is 0 Å². The molecule has 1 atom stereocenters. The molecule has 0 bridgehead atoms. The summed E-state index contributed by atoms with van der Waals surface area (Å²) in [6.45, 7) is 20.2. The van der Waals surface area contributed by atoms with Crippen molar-refractivity contribution in [1.29, 1.82) is 0 Å². The number of nitrogens with zero attached hydrogens (tertiary/aromatic N) is 3. The normalized spacial score (nSPS) is 14.0. The number of hydrogen-bond acceptors (Lipinski definition) is 3. The molecule has 0 aromatic rings. The molecule has 0 N–H and O–H groups in total. The Morgan fingerprint density at radius 3 is 1.96 bits per heavy atom. The molecule has 0 spiro atoms. The molecule has 0 aromatic heterocycles. The lowest BCUT2D eigenvalue weighted by Crippen LogP contribution is -2.42. The standard InChI is InChI=1S/C18H35N3O2/c1-12(2)19-17(20-13(3)4)21(14(5)6)11-15(7)16(22)23-18(8,9)10/h12,14-15H,11H2,1-10H3/b19-17-. The Morgan fingerprint density at radius 1 is 1.09 bits per heavy atom. The summed E-state index contributed by atoms with van der Waals surface area (Å²) in [5.41, 5.74) is 0.473. The molecular formula is C18H35N3O2. The first kappa shape index (κ1) is 21.6. The summed E-state index contributed by atoms with van der Waals surface area (Å²) in [5, 5.41) is 0. The van der Waals surface area contributed by atoms with Crippen molar-refractivity contribution >= 4 is 17.6 Å². The van der Waals surface area contributed by atoms with Crippen LogP contribution in [0.4, 0.5) is 0 Å². The molecule has 0 saturated heterocycles. The maximum atomic E-state index is 12.3. The van der Waals surface area contributed by atoms with Gasteiger partial charge >= 0.3 is 5.97 Å². The van der Waals surface area contributed by atoms with Crippen molar-refractivity contribution in [2.45, 2.75) is 86.9 Å². The van der Waals surface area contributed by atoms with E-state index in [1.165, 1.54) is 0 Å². The fourth-order valence-electron chi connectivity index (χ4n) is 1.89. The van der Waals surface area contributed by atoms with Gasteiger partial charge in [0.15, 0.2) is 0 Å². The van der Waals surface area contributed by atoms with E-state index in [2.05, 4.69) is 28.7 Å². The molecule has 0 amide bonds. The van der Waals surface area contributed by atoms with Crippen LogP contribution in [0, 0.1) is 5.92 Å². The highest BCUT2D eigenvalue weighted by Gasteiger charge is 2.26. The van der Waals surface area contributed by atoms with E-state index >= 15 is 0 Å². The van der Waals surface area contributed by atoms with Crippen LogP contribution in [-0.2, 0) is 9.53 Å². The molecule has 0 saturated carbocycles. The monoisotopic (exact) mass is 325 g/mol. The summed E-state index contributed by atoms with van der Waals surface area (Å²) < 4.78 is 5.48. The van der Waals surface area contributed by atoms with Crippen molar-refractivity contribution in [2.75, 3.05) is 6.54 Å². The summed E-state index contributed by atoms with van der Waals surface area (Å²) >= 11 is 0. The number of esters is 1. The molecule has 0 aliphatic heterocycles. The van der Waals surface area contributed by atoms with E-state index in [-0.39, 0.29) is 24.0 Å². The minimum atomic E-state index is -0.471. The number of rotatable bonds is 5. The molecule has 0 aliphatic rings. The molecule has 0 rings (SSSR count). The zero-order chi connectivity index (χ0) is 18.4. The van der Waals surface area contributed by atoms with Crippen LogP contribution in [-0.4, -0.2) is 46.8 Å². The highest BCUT2D eigenvalue weighted by atomic mass is 16.6. The predicted molar refractivity (Wildman–Crippen MR) is 98.2 cm³/mol. The Kier molecular flexibility index (Phi) is 8.49. The first-order valence-electron chi connectivity index (χ1n) is 8.42. The van der Waals surface area contributed by atoms with Gasteiger partial charge in [0.1, 0.15) is 5.60 Å². The maximum absolute atomic E-state index is 12.3. The second-order valence-corrected chi connectivity index (χ2v) is 7.76. The zero-order valence-corrected chi connectivity index (χ0v) is 16.6. The van der Waals surface area contributed by atoms with Crippen molar-refractivity contribution < 1.29 is 9.53 Å². The smallest absolute Gasteiger partial charge is 0.310 e. The number of guanidine groups is 1. The fourth-order valence-corrected chi connectivity index (χ4v) is 1.89. The van der Waals surface area contributed by atoms with E-state index in [0.717, 1.165) is 5.71 Å². The minimum Gasteiger partial charge on any atom is -0.460 e. The van der Waals surface area contributed by atoms with E-state index in [1.54, 1.807) is 0 Å². The minimum absolute atomic E-state index is 0.145. The molecule has 5 nitrogen and oxygen atoms in total. The van der Waals surface area contributed by atoms with Crippen LogP contribution < -0.4 is 0 Å². The predicted octanol–water partition coefficient (Wildman–Crippen LogP) is 3.92. The Balaban J connectivity index is 5.31. The quantitative estimate of drug-likeness (QED) is 0.437. The summed E-state index contributed by atoms with van der Waals surface area (Å²) in [5.74, 6) is 0.246.